The lowest BCUT2D eigenvalue weighted by molar-refractivity contribution is 0.305. The molecule has 0 amide bonds. The Bertz CT molecular complexity index is 543. The first-order chi connectivity index (χ1) is 8.67. The van der Waals surface area contributed by atoms with Crippen LogP contribution in [-0.2, 0) is 6.61 Å². The van der Waals surface area contributed by atoms with E-state index in [0.717, 1.165) is 21.5 Å². The summed E-state index contributed by atoms with van der Waals surface area (Å²) in [4.78, 5) is 0. The van der Waals surface area contributed by atoms with E-state index >= 15 is 0 Å². The van der Waals surface area contributed by atoms with Crippen LogP contribution >= 0.6 is 15.9 Å². The van der Waals surface area contributed by atoms with Gasteiger partial charge in [-0.2, -0.15) is 0 Å². The van der Waals surface area contributed by atoms with E-state index in [1.807, 2.05) is 36.4 Å². The number of anilines is 1. The zero-order chi connectivity index (χ0) is 13.0. The molecule has 0 unspecified atom stereocenters. The summed E-state index contributed by atoms with van der Waals surface area (Å²) in [6.45, 7) is 0.456. The van der Waals surface area contributed by atoms with E-state index in [0.29, 0.717) is 12.3 Å². The minimum absolute atomic E-state index is 0.456. The van der Waals surface area contributed by atoms with Crippen LogP contribution in [0.25, 0.3) is 0 Å². The van der Waals surface area contributed by atoms with Crippen molar-refractivity contribution in [1.82, 2.24) is 0 Å². The van der Waals surface area contributed by atoms with E-state index in [1.54, 1.807) is 13.2 Å². The summed E-state index contributed by atoms with van der Waals surface area (Å²) in [5.74, 6) is 1.55. The number of hydrogen-bond donors (Lipinski definition) is 1. The van der Waals surface area contributed by atoms with Crippen LogP contribution in [0.3, 0.4) is 0 Å². The van der Waals surface area contributed by atoms with Gasteiger partial charge in [0.15, 0.2) is 0 Å². The molecule has 0 aliphatic rings. The maximum Gasteiger partial charge on any atom is 0.121 e. The van der Waals surface area contributed by atoms with Crippen LogP contribution in [0.4, 0.5) is 5.69 Å². The number of ether oxygens (including phenoxy) is 2. The third-order valence-electron chi connectivity index (χ3n) is 2.43. The van der Waals surface area contributed by atoms with Crippen LogP contribution in [0.5, 0.6) is 11.5 Å². The van der Waals surface area contributed by atoms with Crippen LogP contribution in [0.2, 0.25) is 0 Å². The molecule has 3 nitrogen and oxygen atoms in total. The van der Waals surface area contributed by atoms with Crippen molar-refractivity contribution in [3.63, 3.8) is 0 Å². The average molecular weight is 308 g/mol. The van der Waals surface area contributed by atoms with Crippen LogP contribution in [-0.4, -0.2) is 7.11 Å². The third kappa shape index (κ3) is 3.40. The monoisotopic (exact) mass is 307 g/mol. The molecule has 2 aromatic rings. The van der Waals surface area contributed by atoms with Gasteiger partial charge in [0.2, 0.25) is 0 Å². The Morgan fingerprint density at radius 2 is 1.94 bits per heavy atom. The number of hydrogen-bond acceptors (Lipinski definition) is 3. The maximum atomic E-state index is 5.79. The SMILES string of the molecule is COc1cc(N)cc(COc2cccc(Br)c2)c1. The normalized spacial score (nSPS) is 10.1. The fraction of sp³-hybridized carbons (Fsp3) is 0.143. The fourth-order valence-electron chi connectivity index (χ4n) is 1.61. The summed E-state index contributed by atoms with van der Waals surface area (Å²) in [5, 5.41) is 0. The van der Waals surface area contributed by atoms with Gasteiger partial charge in [0.05, 0.1) is 7.11 Å². The second kappa shape index (κ2) is 5.78. The molecule has 0 saturated carbocycles. The summed E-state index contributed by atoms with van der Waals surface area (Å²) in [5.41, 5.74) is 7.43. The molecule has 0 fully saturated rings. The Balaban J connectivity index is 2.08. The van der Waals surface area contributed by atoms with Gasteiger partial charge >= 0.3 is 0 Å². The summed E-state index contributed by atoms with van der Waals surface area (Å²) >= 11 is 3.40. The second-order valence-corrected chi connectivity index (χ2v) is 4.78. The number of nitrogen functional groups attached to an aromatic ring is 1. The molecule has 0 heterocycles. The van der Waals surface area contributed by atoms with Crippen molar-refractivity contribution in [2.45, 2.75) is 6.61 Å². The summed E-state index contributed by atoms with van der Waals surface area (Å²) in [7, 11) is 1.62. The molecule has 94 valence electrons. The van der Waals surface area contributed by atoms with E-state index in [1.165, 1.54) is 0 Å². The number of benzene rings is 2. The van der Waals surface area contributed by atoms with Crippen molar-refractivity contribution in [2.75, 3.05) is 12.8 Å². The van der Waals surface area contributed by atoms with Gasteiger partial charge in [-0.05, 0) is 35.9 Å². The van der Waals surface area contributed by atoms with Gasteiger partial charge in [0.1, 0.15) is 18.1 Å². The first kappa shape index (κ1) is 12.8. The predicted octanol–water partition coefficient (Wildman–Crippen LogP) is 3.62. The Labute approximate surface area is 115 Å². The van der Waals surface area contributed by atoms with Crippen molar-refractivity contribution in [2.24, 2.45) is 0 Å². The minimum atomic E-state index is 0.456. The smallest absolute Gasteiger partial charge is 0.121 e. The lowest BCUT2D eigenvalue weighted by Gasteiger charge is -2.09. The molecule has 2 rings (SSSR count). The van der Waals surface area contributed by atoms with Crippen LogP contribution in [0.1, 0.15) is 5.56 Å². The first-order valence-corrected chi connectivity index (χ1v) is 6.28. The molecule has 4 heteroatoms. The van der Waals surface area contributed by atoms with Crippen molar-refractivity contribution < 1.29 is 9.47 Å². The Kier molecular flexibility index (Phi) is 4.10. The van der Waals surface area contributed by atoms with Gasteiger partial charge < -0.3 is 15.2 Å². The minimum Gasteiger partial charge on any atom is -0.497 e. The van der Waals surface area contributed by atoms with Gasteiger partial charge in [-0.1, -0.05) is 22.0 Å². The zero-order valence-corrected chi connectivity index (χ0v) is 11.6. The first-order valence-electron chi connectivity index (χ1n) is 5.49. The van der Waals surface area contributed by atoms with Crippen LogP contribution in [0.15, 0.2) is 46.9 Å². The van der Waals surface area contributed by atoms with Gasteiger partial charge in [-0.15, -0.1) is 0 Å². The number of halogens is 1. The van der Waals surface area contributed by atoms with E-state index in [-0.39, 0.29) is 0 Å². The topological polar surface area (TPSA) is 44.5 Å². The van der Waals surface area contributed by atoms with E-state index in [2.05, 4.69) is 15.9 Å². The molecule has 0 aromatic heterocycles. The summed E-state index contributed by atoms with van der Waals surface area (Å²) in [6.07, 6.45) is 0. The molecule has 0 aliphatic carbocycles. The van der Waals surface area contributed by atoms with Crippen molar-refractivity contribution in [3.8, 4) is 11.5 Å². The van der Waals surface area contributed by atoms with Crippen molar-refractivity contribution in [3.05, 3.63) is 52.5 Å². The van der Waals surface area contributed by atoms with Gasteiger partial charge in [0.25, 0.3) is 0 Å². The summed E-state index contributed by atoms with van der Waals surface area (Å²) in [6, 6.07) is 13.3. The Morgan fingerprint density at radius 1 is 1.11 bits per heavy atom. The highest BCUT2D eigenvalue weighted by Gasteiger charge is 2.01. The van der Waals surface area contributed by atoms with Gasteiger partial charge in [-0.25, -0.2) is 0 Å². The van der Waals surface area contributed by atoms with Crippen molar-refractivity contribution in [1.29, 1.82) is 0 Å². The zero-order valence-electron chi connectivity index (χ0n) is 10.0. The highest BCUT2D eigenvalue weighted by atomic mass is 79.9. The average Bonchev–Trinajstić information content (AvgIpc) is 2.36. The molecule has 2 aromatic carbocycles. The number of rotatable bonds is 4. The Morgan fingerprint density at radius 3 is 2.67 bits per heavy atom. The lowest BCUT2D eigenvalue weighted by Crippen LogP contribution is -1.98. The standard InChI is InChI=1S/C14H14BrNO2/c1-17-14-6-10(5-12(16)8-14)9-18-13-4-2-3-11(15)7-13/h2-8H,9,16H2,1H3. The van der Waals surface area contributed by atoms with E-state index in [9.17, 15) is 0 Å². The molecule has 0 bridgehead atoms. The van der Waals surface area contributed by atoms with Crippen LogP contribution < -0.4 is 15.2 Å². The van der Waals surface area contributed by atoms with Gasteiger partial charge in [0, 0.05) is 16.2 Å². The molecule has 18 heavy (non-hydrogen) atoms. The molecule has 0 radical (unpaired) electrons. The van der Waals surface area contributed by atoms with Crippen LogP contribution in [0, 0.1) is 0 Å². The second-order valence-electron chi connectivity index (χ2n) is 3.86. The molecule has 0 aliphatic heterocycles. The molecular weight excluding hydrogens is 294 g/mol. The predicted molar refractivity (Wildman–Crippen MR) is 75.9 cm³/mol. The molecule has 2 N–H and O–H groups in total. The lowest BCUT2D eigenvalue weighted by atomic mass is 10.2. The molecular formula is C14H14BrNO2. The molecule has 0 spiro atoms. The van der Waals surface area contributed by atoms with Crippen molar-refractivity contribution >= 4 is 21.6 Å². The highest BCUT2D eigenvalue weighted by molar-refractivity contribution is 9.10. The maximum absolute atomic E-state index is 5.79. The molecule has 0 saturated heterocycles. The highest BCUT2D eigenvalue weighted by Crippen LogP contribution is 2.22. The number of methoxy groups -OCH3 is 1. The van der Waals surface area contributed by atoms with E-state index < -0.39 is 0 Å². The fourth-order valence-corrected chi connectivity index (χ4v) is 1.99. The third-order valence-corrected chi connectivity index (χ3v) is 2.92. The van der Waals surface area contributed by atoms with Gasteiger partial charge in [-0.3, -0.25) is 0 Å². The number of nitrogens with two attached hydrogens (primary N) is 1. The Hall–Kier alpha value is -1.68. The quantitative estimate of drug-likeness (QED) is 0.877. The summed E-state index contributed by atoms with van der Waals surface area (Å²) < 4.78 is 11.8. The van der Waals surface area contributed by atoms with E-state index in [4.69, 9.17) is 15.2 Å². The molecule has 0 atom stereocenters. The largest absolute Gasteiger partial charge is 0.497 e.